The maximum absolute atomic E-state index is 11.1. The highest BCUT2D eigenvalue weighted by Gasteiger charge is 2.25. The number of nitrogens with one attached hydrogen (secondary N) is 2. The third-order valence-electron chi connectivity index (χ3n) is 2.18. The van der Waals surface area contributed by atoms with Crippen LogP contribution in [0.3, 0.4) is 0 Å². The lowest BCUT2D eigenvalue weighted by molar-refractivity contribution is -0.141. The van der Waals surface area contributed by atoms with Gasteiger partial charge in [-0.3, -0.25) is 9.59 Å². The van der Waals surface area contributed by atoms with Crippen molar-refractivity contribution in [3.8, 4) is 0 Å². The summed E-state index contributed by atoms with van der Waals surface area (Å²) in [5, 5.41) is 5.16. The van der Waals surface area contributed by atoms with Gasteiger partial charge in [-0.2, -0.15) is 0 Å². The average Bonchev–Trinajstić information content (AvgIpc) is 2.23. The quantitative estimate of drug-likeness (QED) is 0.611. The third-order valence-corrected chi connectivity index (χ3v) is 2.18. The van der Waals surface area contributed by atoms with Crippen LogP contribution in [0.15, 0.2) is 30.3 Å². The number of carbonyl (C=O) groups excluding carboxylic acids is 2. The van der Waals surface area contributed by atoms with Crippen LogP contribution in [0.1, 0.15) is 11.6 Å². The Labute approximate surface area is 81.3 Å². The van der Waals surface area contributed by atoms with Crippen molar-refractivity contribution >= 4 is 11.8 Å². The van der Waals surface area contributed by atoms with E-state index < -0.39 is 11.8 Å². The van der Waals surface area contributed by atoms with E-state index in [1.165, 1.54) is 0 Å². The van der Waals surface area contributed by atoms with Crippen LogP contribution in [0.5, 0.6) is 0 Å². The molecule has 0 bridgehead atoms. The Balaban J connectivity index is 2.14. The fraction of sp³-hybridized carbons (Fsp3) is 0.200. The number of hydrogen-bond acceptors (Lipinski definition) is 2. The number of amides is 2. The Morgan fingerprint density at radius 3 is 2.43 bits per heavy atom. The fourth-order valence-corrected chi connectivity index (χ4v) is 1.44. The second-order valence-corrected chi connectivity index (χ2v) is 3.15. The van der Waals surface area contributed by atoms with E-state index >= 15 is 0 Å². The smallest absolute Gasteiger partial charge is 0.309 e. The lowest BCUT2D eigenvalue weighted by atomic mass is 10.1. The number of hydrogen-bond donors (Lipinski definition) is 2. The standard InChI is InChI=1S/C10H10N2O2/c13-9-10(14)12-8(6-11-9)7-4-2-1-3-5-7/h1-5,8H,6H2,(H,11,13)(H,12,14). The fourth-order valence-electron chi connectivity index (χ4n) is 1.44. The van der Waals surface area contributed by atoms with Crippen molar-refractivity contribution in [2.75, 3.05) is 6.54 Å². The highest BCUT2D eigenvalue weighted by Crippen LogP contribution is 2.12. The van der Waals surface area contributed by atoms with Gasteiger partial charge in [0.2, 0.25) is 0 Å². The summed E-state index contributed by atoms with van der Waals surface area (Å²) in [6, 6.07) is 9.44. The molecule has 1 aromatic rings. The topological polar surface area (TPSA) is 58.2 Å². The van der Waals surface area contributed by atoms with Crippen LogP contribution in [0.2, 0.25) is 0 Å². The molecule has 0 aromatic heterocycles. The van der Waals surface area contributed by atoms with E-state index in [4.69, 9.17) is 0 Å². The van der Waals surface area contributed by atoms with Crippen molar-refractivity contribution in [3.05, 3.63) is 35.9 Å². The molecule has 1 aromatic carbocycles. The van der Waals surface area contributed by atoms with E-state index in [-0.39, 0.29) is 6.04 Å². The highest BCUT2D eigenvalue weighted by molar-refractivity contribution is 6.35. The van der Waals surface area contributed by atoms with E-state index in [0.29, 0.717) is 6.54 Å². The van der Waals surface area contributed by atoms with Crippen LogP contribution >= 0.6 is 0 Å². The van der Waals surface area contributed by atoms with Gasteiger partial charge in [-0.25, -0.2) is 0 Å². The minimum absolute atomic E-state index is 0.110. The Morgan fingerprint density at radius 1 is 1.07 bits per heavy atom. The number of rotatable bonds is 1. The summed E-state index contributed by atoms with van der Waals surface area (Å²) in [7, 11) is 0. The van der Waals surface area contributed by atoms with E-state index in [2.05, 4.69) is 10.6 Å². The van der Waals surface area contributed by atoms with Crippen LogP contribution in [0.25, 0.3) is 0 Å². The van der Waals surface area contributed by atoms with Gasteiger partial charge in [-0.15, -0.1) is 0 Å². The Kier molecular flexibility index (Phi) is 2.18. The molecule has 1 aliphatic heterocycles. The summed E-state index contributed by atoms with van der Waals surface area (Å²) >= 11 is 0. The minimum Gasteiger partial charge on any atom is -0.345 e. The van der Waals surface area contributed by atoms with Gasteiger partial charge in [0.1, 0.15) is 0 Å². The third kappa shape index (κ3) is 1.59. The van der Waals surface area contributed by atoms with Gasteiger partial charge in [-0.05, 0) is 5.56 Å². The van der Waals surface area contributed by atoms with Gasteiger partial charge >= 0.3 is 11.8 Å². The van der Waals surface area contributed by atoms with Crippen molar-refractivity contribution in [2.45, 2.75) is 6.04 Å². The highest BCUT2D eigenvalue weighted by atomic mass is 16.2. The van der Waals surface area contributed by atoms with E-state index in [1.807, 2.05) is 30.3 Å². The molecule has 2 amide bonds. The summed E-state index contributed by atoms with van der Waals surface area (Å²) in [5.41, 5.74) is 1.00. The molecule has 2 rings (SSSR count). The lowest BCUT2D eigenvalue weighted by Gasteiger charge is -2.23. The zero-order valence-corrected chi connectivity index (χ0v) is 7.49. The van der Waals surface area contributed by atoms with Gasteiger partial charge in [0.25, 0.3) is 0 Å². The van der Waals surface area contributed by atoms with Crippen LogP contribution < -0.4 is 10.6 Å². The molecule has 0 saturated carbocycles. The van der Waals surface area contributed by atoms with Crippen molar-refractivity contribution in [2.24, 2.45) is 0 Å². The normalized spacial score (nSPS) is 21.3. The molecule has 1 fully saturated rings. The van der Waals surface area contributed by atoms with Gasteiger partial charge in [-0.1, -0.05) is 30.3 Å². The zero-order valence-electron chi connectivity index (χ0n) is 7.49. The van der Waals surface area contributed by atoms with Gasteiger partial charge in [0, 0.05) is 6.54 Å². The largest absolute Gasteiger partial charge is 0.345 e. The average molecular weight is 190 g/mol. The molecule has 72 valence electrons. The van der Waals surface area contributed by atoms with Crippen molar-refractivity contribution in [3.63, 3.8) is 0 Å². The molecule has 0 spiro atoms. The van der Waals surface area contributed by atoms with Gasteiger partial charge < -0.3 is 10.6 Å². The molecular formula is C10H10N2O2. The molecular weight excluding hydrogens is 180 g/mol. The molecule has 1 aliphatic rings. The number of carbonyl (C=O) groups is 2. The first-order valence-electron chi connectivity index (χ1n) is 4.41. The Hall–Kier alpha value is -1.84. The van der Waals surface area contributed by atoms with Crippen molar-refractivity contribution < 1.29 is 9.59 Å². The molecule has 4 heteroatoms. The van der Waals surface area contributed by atoms with Crippen molar-refractivity contribution in [1.29, 1.82) is 0 Å². The van der Waals surface area contributed by atoms with Crippen LogP contribution in [0.4, 0.5) is 0 Å². The summed E-state index contributed by atoms with van der Waals surface area (Å²) < 4.78 is 0. The summed E-state index contributed by atoms with van der Waals surface area (Å²) in [5.74, 6) is -1.12. The molecule has 1 atom stereocenters. The van der Waals surface area contributed by atoms with E-state index in [0.717, 1.165) is 5.56 Å². The molecule has 0 radical (unpaired) electrons. The van der Waals surface area contributed by atoms with Crippen molar-refractivity contribution in [1.82, 2.24) is 10.6 Å². The maximum atomic E-state index is 11.1. The first kappa shape index (κ1) is 8.74. The second-order valence-electron chi connectivity index (χ2n) is 3.15. The molecule has 1 heterocycles. The van der Waals surface area contributed by atoms with Crippen LogP contribution in [-0.2, 0) is 9.59 Å². The molecule has 1 saturated heterocycles. The van der Waals surface area contributed by atoms with Gasteiger partial charge in [0.05, 0.1) is 6.04 Å². The minimum atomic E-state index is -0.565. The Morgan fingerprint density at radius 2 is 1.79 bits per heavy atom. The molecule has 0 aliphatic carbocycles. The van der Waals surface area contributed by atoms with E-state index in [9.17, 15) is 9.59 Å². The van der Waals surface area contributed by atoms with E-state index in [1.54, 1.807) is 0 Å². The molecule has 4 nitrogen and oxygen atoms in total. The molecule has 2 N–H and O–H groups in total. The molecule has 1 unspecified atom stereocenters. The van der Waals surface area contributed by atoms with Gasteiger partial charge in [0.15, 0.2) is 0 Å². The second kappa shape index (κ2) is 3.49. The predicted molar refractivity (Wildman–Crippen MR) is 50.3 cm³/mol. The predicted octanol–water partition coefficient (Wildman–Crippen LogP) is -0.0263. The zero-order chi connectivity index (χ0) is 9.97. The lowest BCUT2D eigenvalue weighted by Crippen LogP contribution is -2.51. The van der Waals surface area contributed by atoms with Crippen LogP contribution in [-0.4, -0.2) is 18.4 Å². The summed E-state index contributed by atoms with van der Waals surface area (Å²) in [6.07, 6.45) is 0. The molecule has 14 heavy (non-hydrogen) atoms. The number of piperazine rings is 1. The monoisotopic (exact) mass is 190 g/mol. The maximum Gasteiger partial charge on any atom is 0.309 e. The van der Waals surface area contributed by atoms with Crippen LogP contribution in [0, 0.1) is 0 Å². The summed E-state index contributed by atoms with van der Waals surface area (Å²) in [4.78, 5) is 21.9. The summed E-state index contributed by atoms with van der Waals surface area (Å²) in [6.45, 7) is 0.453. The first-order chi connectivity index (χ1) is 6.77. The first-order valence-corrected chi connectivity index (χ1v) is 4.41. The number of benzene rings is 1. The SMILES string of the molecule is O=C1NCC(c2ccccc2)NC1=O. The Bertz CT molecular complexity index is 362.